The summed E-state index contributed by atoms with van der Waals surface area (Å²) >= 11 is 0. The molecule has 0 bridgehead atoms. The molecule has 2 aromatic rings. The number of nitrogens with zero attached hydrogens (tertiary/aromatic N) is 3. The fraction of sp³-hybridized carbons (Fsp3) is 0.150. The lowest BCUT2D eigenvalue weighted by Crippen LogP contribution is -2.22. The van der Waals surface area contributed by atoms with E-state index >= 15 is 0 Å². The molecular weight excluding hydrogens is 314 g/mol. The lowest BCUT2D eigenvalue weighted by molar-refractivity contribution is -0.124. The number of rotatable bonds is 5. The highest BCUT2D eigenvalue weighted by Crippen LogP contribution is 2.17. The third kappa shape index (κ3) is 4.70. The van der Waals surface area contributed by atoms with Crippen molar-refractivity contribution in [3.63, 3.8) is 0 Å². The molecule has 5 heteroatoms. The number of carbonyl (C=O) groups is 1. The molecule has 124 valence electrons. The average molecular weight is 331 g/mol. The number of carbonyl (C=O) groups excluding carboxylic acids is 1. The summed E-state index contributed by atoms with van der Waals surface area (Å²) in [5.74, 6) is 0.304. The van der Waals surface area contributed by atoms with E-state index in [9.17, 15) is 4.79 Å². The van der Waals surface area contributed by atoms with E-state index in [4.69, 9.17) is 15.3 Å². The number of hydrogen-bond donors (Lipinski definition) is 0. The number of amides is 1. The second-order valence-corrected chi connectivity index (χ2v) is 5.50. The minimum Gasteiger partial charge on any atom is -0.489 e. The van der Waals surface area contributed by atoms with E-state index < -0.39 is 0 Å². The van der Waals surface area contributed by atoms with Crippen molar-refractivity contribution in [2.45, 2.75) is 6.61 Å². The Morgan fingerprint density at radius 3 is 2.40 bits per heavy atom. The van der Waals surface area contributed by atoms with Gasteiger partial charge in [0.25, 0.3) is 5.91 Å². The van der Waals surface area contributed by atoms with Crippen LogP contribution in [0.15, 0.2) is 54.1 Å². The van der Waals surface area contributed by atoms with Crippen LogP contribution < -0.4 is 4.74 Å². The second-order valence-electron chi connectivity index (χ2n) is 5.50. The minimum atomic E-state index is -0.337. The molecule has 0 saturated heterocycles. The van der Waals surface area contributed by atoms with E-state index in [2.05, 4.69) is 6.07 Å². The summed E-state index contributed by atoms with van der Waals surface area (Å²) in [5, 5.41) is 18.2. The van der Waals surface area contributed by atoms with Crippen LogP contribution in [0.25, 0.3) is 6.08 Å². The first-order valence-electron chi connectivity index (χ1n) is 7.59. The maximum absolute atomic E-state index is 11.8. The lowest BCUT2D eigenvalue weighted by atomic mass is 10.1. The van der Waals surface area contributed by atoms with Crippen molar-refractivity contribution in [1.29, 1.82) is 10.5 Å². The Balaban J connectivity index is 2.09. The summed E-state index contributed by atoms with van der Waals surface area (Å²) < 4.78 is 5.69. The molecule has 0 heterocycles. The monoisotopic (exact) mass is 331 g/mol. The molecule has 0 aliphatic heterocycles. The number of ether oxygens (including phenoxy) is 1. The van der Waals surface area contributed by atoms with Crippen molar-refractivity contribution in [2.75, 3.05) is 14.1 Å². The van der Waals surface area contributed by atoms with Crippen LogP contribution in [0.2, 0.25) is 0 Å². The van der Waals surface area contributed by atoms with E-state index in [1.807, 2.05) is 24.3 Å². The Bertz CT molecular complexity index is 869. The molecule has 0 saturated carbocycles. The molecule has 0 radical (unpaired) electrons. The van der Waals surface area contributed by atoms with Gasteiger partial charge in [0, 0.05) is 19.7 Å². The zero-order valence-electron chi connectivity index (χ0n) is 14.1. The standard InChI is InChI=1S/C20H17N3O2/c1-23(2)20(24)18(13-22)11-15-7-9-19(10-8-15)25-14-17-6-4-3-5-16(17)12-21/h3-11H,14H2,1-2H3/b18-11-. The van der Waals surface area contributed by atoms with Gasteiger partial charge in [-0.15, -0.1) is 0 Å². The lowest BCUT2D eigenvalue weighted by Gasteiger charge is -2.09. The van der Waals surface area contributed by atoms with Gasteiger partial charge in [-0.1, -0.05) is 30.3 Å². The topological polar surface area (TPSA) is 77.1 Å². The van der Waals surface area contributed by atoms with E-state index in [0.29, 0.717) is 17.9 Å². The van der Waals surface area contributed by atoms with Crippen molar-refractivity contribution in [3.05, 3.63) is 70.8 Å². The number of benzene rings is 2. The number of likely N-dealkylation sites (N-methyl/N-ethyl adjacent to an activating group) is 1. The normalized spacial score (nSPS) is 10.5. The molecule has 0 aliphatic carbocycles. The van der Waals surface area contributed by atoms with Crippen molar-refractivity contribution in [1.82, 2.24) is 4.90 Å². The zero-order valence-corrected chi connectivity index (χ0v) is 14.1. The van der Waals surface area contributed by atoms with Crippen molar-refractivity contribution in [3.8, 4) is 17.9 Å². The van der Waals surface area contributed by atoms with E-state index in [1.165, 1.54) is 11.0 Å². The SMILES string of the molecule is CN(C)C(=O)/C(C#N)=C\c1ccc(OCc2ccccc2C#N)cc1. The Hall–Kier alpha value is -3.57. The summed E-state index contributed by atoms with van der Waals surface area (Å²) in [6.45, 7) is 0.293. The smallest absolute Gasteiger partial charge is 0.264 e. The summed E-state index contributed by atoms with van der Waals surface area (Å²) in [7, 11) is 3.20. The van der Waals surface area contributed by atoms with Crippen molar-refractivity contribution < 1.29 is 9.53 Å². The van der Waals surface area contributed by atoms with E-state index in [0.717, 1.165) is 11.1 Å². The summed E-state index contributed by atoms with van der Waals surface area (Å²) in [6.07, 6.45) is 1.54. The van der Waals surface area contributed by atoms with Crippen molar-refractivity contribution in [2.24, 2.45) is 0 Å². The van der Waals surface area contributed by atoms with Gasteiger partial charge >= 0.3 is 0 Å². The molecular formula is C20H17N3O2. The molecule has 2 rings (SSSR count). The van der Waals surface area contributed by atoms with Crippen LogP contribution in [0.4, 0.5) is 0 Å². The predicted octanol–water partition coefficient (Wildman–Crippen LogP) is 3.13. The third-order valence-electron chi connectivity index (χ3n) is 3.48. The van der Waals surface area contributed by atoms with Crippen LogP contribution >= 0.6 is 0 Å². The molecule has 5 nitrogen and oxygen atoms in total. The van der Waals surface area contributed by atoms with Crippen LogP contribution in [0, 0.1) is 22.7 Å². The first-order valence-corrected chi connectivity index (χ1v) is 7.59. The molecule has 0 aliphatic rings. The minimum absolute atomic E-state index is 0.0709. The largest absolute Gasteiger partial charge is 0.489 e. The van der Waals surface area contributed by atoms with Crippen LogP contribution in [0.5, 0.6) is 5.75 Å². The van der Waals surface area contributed by atoms with Gasteiger partial charge in [-0.2, -0.15) is 10.5 Å². The Morgan fingerprint density at radius 1 is 1.12 bits per heavy atom. The predicted molar refractivity (Wildman–Crippen MR) is 94.2 cm³/mol. The van der Waals surface area contributed by atoms with Gasteiger partial charge < -0.3 is 9.64 Å². The second kappa shape index (κ2) is 8.33. The van der Waals surface area contributed by atoms with Gasteiger partial charge in [0.2, 0.25) is 0 Å². The average Bonchev–Trinajstić information content (AvgIpc) is 2.65. The molecule has 25 heavy (non-hydrogen) atoms. The maximum atomic E-state index is 11.8. The molecule has 0 spiro atoms. The van der Waals surface area contributed by atoms with E-state index in [1.54, 1.807) is 44.4 Å². The van der Waals surface area contributed by atoms with Gasteiger partial charge in [-0.05, 0) is 29.8 Å². The summed E-state index contributed by atoms with van der Waals surface area (Å²) in [6, 6.07) is 18.4. The molecule has 0 N–H and O–H groups in total. The highest BCUT2D eigenvalue weighted by Gasteiger charge is 2.10. The third-order valence-corrected chi connectivity index (χ3v) is 3.48. The molecule has 1 amide bonds. The van der Waals surface area contributed by atoms with Crippen LogP contribution in [0.3, 0.4) is 0 Å². The Morgan fingerprint density at radius 2 is 1.80 bits per heavy atom. The Kier molecular flexibility index (Phi) is 5.92. The van der Waals surface area contributed by atoms with Crippen LogP contribution in [-0.2, 0) is 11.4 Å². The highest BCUT2D eigenvalue weighted by molar-refractivity contribution is 6.01. The first-order chi connectivity index (χ1) is 12.0. The zero-order chi connectivity index (χ0) is 18.2. The van der Waals surface area contributed by atoms with Gasteiger partial charge in [0.05, 0.1) is 11.6 Å². The van der Waals surface area contributed by atoms with Crippen LogP contribution in [0.1, 0.15) is 16.7 Å². The number of nitriles is 2. The maximum Gasteiger partial charge on any atom is 0.264 e. The quantitative estimate of drug-likeness (QED) is 0.623. The van der Waals surface area contributed by atoms with Gasteiger partial charge in [0.1, 0.15) is 24.0 Å². The fourth-order valence-corrected chi connectivity index (χ4v) is 2.13. The molecule has 0 unspecified atom stereocenters. The molecule has 2 aromatic carbocycles. The van der Waals surface area contributed by atoms with Gasteiger partial charge in [-0.25, -0.2) is 0 Å². The molecule has 0 aromatic heterocycles. The number of hydrogen-bond acceptors (Lipinski definition) is 4. The summed E-state index contributed by atoms with van der Waals surface area (Å²) in [5.41, 5.74) is 2.21. The summed E-state index contributed by atoms with van der Waals surface area (Å²) in [4.78, 5) is 13.2. The van der Waals surface area contributed by atoms with Crippen LogP contribution in [-0.4, -0.2) is 24.9 Å². The van der Waals surface area contributed by atoms with E-state index in [-0.39, 0.29) is 11.5 Å². The molecule has 0 fully saturated rings. The fourth-order valence-electron chi connectivity index (χ4n) is 2.13. The Labute approximate surface area is 147 Å². The highest BCUT2D eigenvalue weighted by atomic mass is 16.5. The first kappa shape index (κ1) is 17.8. The van der Waals surface area contributed by atoms with Crippen molar-refractivity contribution >= 4 is 12.0 Å². The molecule has 0 atom stereocenters. The van der Waals surface area contributed by atoms with Gasteiger partial charge in [-0.3, -0.25) is 4.79 Å². The van der Waals surface area contributed by atoms with Gasteiger partial charge in [0.15, 0.2) is 0 Å².